The number of benzene rings is 1. The molecule has 2 unspecified atom stereocenters. The summed E-state index contributed by atoms with van der Waals surface area (Å²) < 4.78 is 17.9. The molecule has 0 N–H and O–H groups in total. The Morgan fingerprint density at radius 2 is 1.50 bits per heavy atom. The molecule has 2 atom stereocenters. The first kappa shape index (κ1) is 19.1. The molecule has 0 amide bonds. The van der Waals surface area contributed by atoms with Crippen molar-refractivity contribution in [3.63, 3.8) is 0 Å². The Bertz CT molecular complexity index is 405. The minimum atomic E-state index is -2.62. The molecule has 124 valence electrons. The molecule has 0 spiro atoms. The molecule has 3 nitrogen and oxygen atoms in total. The van der Waals surface area contributed by atoms with Crippen LogP contribution in [-0.2, 0) is 13.3 Å². The lowest BCUT2D eigenvalue weighted by molar-refractivity contribution is 0.0671. The van der Waals surface area contributed by atoms with E-state index in [-0.39, 0.29) is 5.92 Å². The van der Waals surface area contributed by atoms with E-state index in [2.05, 4.69) is 37.8 Å². The molecule has 0 radical (unpaired) electrons. The first-order chi connectivity index (χ1) is 10.6. The molecule has 0 fully saturated rings. The molecule has 1 aromatic carbocycles. The Balaban J connectivity index is 2.92. The van der Waals surface area contributed by atoms with Gasteiger partial charge in [0.25, 0.3) is 0 Å². The maximum Gasteiger partial charge on any atom is 0.501 e. The second kappa shape index (κ2) is 9.95. The number of rotatable bonds is 11. The van der Waals surface area contributed by atoms with Gasteiger partial charge >= 0.3 is 8.80 Å². The van der Waals surface area contributed by atoms with E-state index in [0.717, 1.165) is 6.04 Å². The van der Waals surface area contributed by atoms with Crippen LogP contribution in [0.2, 0.25) is 6.04 Å². The van der Waals surface area contributed by atoms with Gasteiger partial charge < -0.3 is 13.3 Å². The van der Waals surface area contributed by atoms with Crippen molar-refractivity contribution in [1.29, 1.82) is 0 Å². The summed E-state index contributed by atoms with van der Waals surface area (Å²) >= 11 is 0. The second-order valence-electron chi connectivity index (χ2n) is 5.34. The molecule has 0 bridgehead atoms. The summed E-state index contributed by atoms with van der Waals surface area (Å²) in [6, 6.07) is 11.3. The summed E-state index contributed by atoms with van der Waals surface area (Å²) in [6.07, 6.45) is 2.02. The fraction of sp³-hybridized carbons (Fsp3) is 0.556. The molecule has 22 heavy (non-hydrogen) atoms. The Morgan fingerprint density at radius 3 is 1.91 bits per heavy atom. The molecular weight excluding hydrogens is 292 g/mol. The highest BCUT2D eigenvalue weighted by atomic mass is 28.4. The van der Waals surface area contributed by atoms with Gasteiger partial charge in [-0.2, -0.15) is 0 Å². The van der Waals surface area contributed by atoms with Gasteiger partial charge in [0.05, 0.1) is 0 Å². The summed E-state index contributed by atoms with van der Waals surface area (Å²) in [4.78, 5) is 0. The molecule has 0 aliphatic rings. The van der Waals surface area contributed by atoms with E-state index in [4.69, 9.17) is 13.3 Å². The van der Waals surface area contributed by atoms with Crippen LogP contribution >= 0.6 is 0 Å². The Kier molecular flexibility index (Phi) is 8.64. The predicted octanol–water partition coefficient (Wildman–Crippen LogP) is 4.64. The van der Waals surface area contributed by atoms with Crippen molar-refractivity contribution in [3.05, 3.63) is 48.6 Å². The number of hydrogen-bond donors (Lipinski definition) is 0. The zero-order valence-corrected chi connectivity index (χ0v) is 15.4. The minimum Gasteiger partial charge on any atom is -0.374 e. The van der Waals surface area contributed by atoms with Gasteiger partial charge in [-0.25, -0.2) is 0 Å². The van der Waals surface area contributed by atoms with E-state index in [9.17, 15) is 0 Å². The maximum atomic E-state index is 5.97. The van der Waals surface area contributed by atoms with Gasteiger partial charge in [0.2, 0.25) is 0 Å². The van der Waals surface area contributed by atoms with E-state index in [1.54, 1.807) is 0 Å². The van der Waals surface area contributed by atoms with Crippen molar-refractivity contribution in [2.75, 3.05) is 19.8 Å². The van der Waals surface area contributed by atoms with Crippen molar-refractivity contribution >= 4 is 8.80 Å². The average Bonchev–Trinajstić information content (AvgIpc) is 2.50. The standard InChI is InChI=1S/C18H30O3Si/c1-6-18(17-13-11-10-12-14-17)16(5)15-22(19-7-2,20-8-3)21-9-4/h6,10-14,16,18H,1,7-9,15H2,2-5H3. The lowest BCUT2D eigenvalue weighted by atomic mass is 9.88. The molecule has 0 aliphatic heterocycles. The van der Waals surface area contributed by atoms with Crippen molar-refractivity contribution in [3.8, 4) is 0 Å². The highest BCUT2D eigenvalue weighted by molar-refractivity contribution is 6.60. The lowest BCUT2D eigenvalue weighted by Gasteiger charge is -2.32. The Labute approximate surface area is 136 Å². The van der Waals surface area contributed by atoms with Gasteiger partial charge in [-0.1, -0.05) is 43.3 Å². The van der Waals surface area contributed by atoms with Crippen LogP contribution in [0, 0.1) is 5.92 Å². The van der Waals surface area contributed by atoms with Crippen molar-refractivity contribution in [1.82, 2.24) is 0 Å². The van der Waals surface area contributed by atoms with Gasteiger partial charge in [0.15, 0.2) is 0 Å². The molecule has 1 aromatic rings. The van der Waals surface area contributed by atoms with Gasteiger partial charge in [0.1, 0.15) is 0 Å². The first-order valence-electron chi connectivity index (χ1n) is 8.21. The van der Waals surface area contributed by atoms with E-state index < -0.39 is 8.80 Å². The van der Waals surface area contributed by atoms with Gasteiger partial charge in [-0.3, -0.25) is 0 Å². The topological polar surface area (TPSA) is 27.7 Å². The summed E-state index contributed by atoms with van der Waals surface area (Å²) in [5.74, 6) is 0.616. The summed E-state index contributed by atoms with van der Waals surface area (Å²) in [7, 11) is -2.62. The third-order valence-electron chi connectivity index (χ3n) is 3.72. The molecule has 0 aliphatic carbocycles. The van der Waals surface area contributed by atoms with Crippen LogP contribution in [0.4, 0.5) is 0 Å². The van der Waals surface area contributed by atoms with E-state index in [0.29, 0.717) is 25.7 Å². The van der Waals surface area contributed by atoms with Crippen molar-refractivity contribution < 1.29 is 13.3 Å². The molecule has 1 rings (SSSR count). The summed E-state index contributed by atoms with van der Waals surface area (Å²) in [5, 5.41) is 0. The Hall–Kier alpha value is -0.943. The average molecular weight is 323 g/mol. The van der Waals surface area contributed by atoms with Gasteiger partial charge in [-0.15, -0.1) is 6.58 Å². The fourth-order valence-electron chi connectivity index (χ4n) is 2.86. The van der Waals surface area contributed by atoms with Crippen LogP contribution in [0.3, 0.4) is 0 Å². The predicted molar refractivity (Wildman–Crippen MR) is 94.0 cm³/mol. The smallest absolute Gasteiger partial charge is 0.374 e. The maximum absolute atomic E-state index is 5.97. The number of hydrogen-bond acceptors (Lipinski definition) is 3. The molecule has 4 heteroatoms. The SMILES string of the molecule is C=CC(c1ccccc1)C(C)C[Si](OCC)(OCC)OCC. The summed E-state index contributed by atoms with van der Waals surface area (Å²) in [5.41, 5.74) is 1.28. The van der Waals surface area contributed by atoms with Crippen LogP contribution in [-0.4, -0.2) is 28.6 Å². The van der Waals surface area contributed by atoms with E-state index in [1.165, 1.54) is 5.56 Å². The number of allylic oxidation sites excluding steroid dienone is 1. The van der Waals surface area contributed by atoms with Crippen LogP contribution < -0.4 is 0 Å². The molecule has 0 saturated heterocycles. The second-order valence-corrected chi connectivity index (χ2v) is 7.98. The van der Waals surface area contributed by atoms with Crippen molar-refractivity contribution in [2.24, 2.45) is 5.92 Å². The minimum absolute atomic E-state index is 0.273. The quantitative estimate of drug-likeness (QED) is 0.439. The van der Waals surface area contributed by atoms with Gasteiger partial charge in [0, 0.05) is 31.8 Å². The largest absolute Gasteiger partial charge is 0.501 e. The molecule has 0 saturated carbocycles. The highest BCUT2D eigenvalue weighted by Crippen LogP contribution is 2.33. The van der Waals surface area contributed by atoms with E-state index in [1.807, 2.05) is 32.9 Å². The van der Waals surface area contributed by atoms with Crippen LogP contribution in [0.1, 0.15) is 39.2 Å². The van der Waals surface area contributed by atoms with E-state index >= 15 is 0 Å². The normalized spacial score (nSPS) is 14.5. The third-order valence-corrected chi connectivity index (χ3v) is 7.05. The van der Waals surface area contributed by atoms with Gasteiger partial charge in [-0.05, 0) is 32.3 Å². The summed E-state index contributed by atoms with van der Waals surface area (Å²) in [6.45, 7) is 14.1. The molecular formula is C18H30O3Si. The third kappa shape index (κ3) is 5.36. The monoisotopic (exact) mass is 322 g/mol. The molecule has 0 heterocycles. The fourth-order valence-corrected chi connectivity index (χ4v) is 5.82. The molecule has 0 aromatic heterocycles. The van der Waals surface area contributed by atoms with Crippen molar-refractivity contribution in [2.45, 2.75) is 39.7 Å². The van der Waals surface area contributed by atoms with Crippen LogP contribution in [0.5, 0.6) is 0 Å². The first-order valence-corrected chi connectivity index (χ1v) is 10.1. The Morgan fingerprint density at radius 1 is 1.00 bits per heavy atom. The van der Waals surface area contributed by atoms with Crippen LogP contribution in [0.15, 0.2) is 43.0 Å². The zero-order valence-electron chi connectivity index (χ0n) is 14.4. The lowest BCUT2D eigenvalue weighted by Crippen LogP contribution is -2.47. The highest BCUT2D eigenvalue weighted by Gasteiger charge is 2.43. The van der Waals surface area contributed by atoms with Crippen LogP contribution in [0.25, 0.3) is 0 Å². The zero-order chi connectivity index (χ0) is 16.4.